The molecule has 0 atom stereocenters. The molecule has 0 aliphatic rings. The molecule has 0 saturated carbocycles. The van der Waals surface area contributed by atoms with Gasteiger partial charge in [0.2, 0.25) is 5.82 Å². The lowest BCUT2D eigenvalue weighted by Gasteiger charge is -2.10. The number of hydrogen-bond acceptors (Lipinski definition) is 6. The third-order valence-electron chi connectivity index (χ3n) is 3.21. The number of carbonyl (C=O) groups excluding carboxylic acids is 1. The van der Waals surface area contributed by atoms with Crippen molar-refractivity contribution in [2.45, 2.75) is 6.92 Å². The fraction of sp³-hybridized carbons (Fsp3) is 0.133. The number of pyridine rings is 1. The molecule has 9 heteroatoms. The summed E-state index contributed by atoms with van der Waals surface area (Å²) in [5, 5.41) is 20.0. The number of halogens is 1. The van der Waals surface area contributed by atoms with Gasteiger partial charge in [0.05, 0.1) is 16.3 Å². The van der Waals surface area contributed by atoms with Crippen LogP contribution in [0, 0.1) is 0 Å². The SMILES string of the molecule is CCNc1ncc(C(=O)Nc2ccccc2-c2nn[nH]n2)cc1Cl. The van der Waals surface area contributed by atoms with Gasteiger partial charge in [-0.3, -0.25) is 4.79 Å². The highest BCUT2D eigenvalue weighted by Gasteiger charge is 2.14. The van der Waals surface area contributed by atoms with Crippen molar-refractivity contribution in [2.24, 2.45) is 0 Å². The fourth-order valence-corrected chi connectivity index (χ4v) is 2.35. The normalized spacial score (nSPS) is 10.4. The summed E-state index contributed by atoms with van der Waals surface area (Å²) >= 11 is 6.13. The Morgan fingerprint density at radius 3 is 2.88 bits per heavy atom. The molecule has 1 aromatic carbocycles. The minimum absolute atomic E-state index is 0.330. The van der Waals surface area contributed by atoms with E-state index < -0.39 is 0 Å². The number of hydrogen-bond donors (Lipinski definition) is 3. The molecule has 1 amide bonds. The molecule has 3 N–H and O–H groups in total. The van der Waals surface area contributed by atoms with E-state index in [1.165, 1.54) is 6.20 Å². The van der Waals surface area contributed by atoms with E-state index >= 15 is 0 Å². The average Bonchev–Trinajstić information content (AvgIpc) is 3.11. The molecule has 0 saturated heterocycles. The second-order valence-electron chi connectivity index (χ2n) is 4.82. The number of aromatic amines is 1. The Morgan fingerprint density at radius 2 is 2.17 bits per heavy atom. The monoisotopic (exact) mass is 343 g/mol. The Labute approximate surface area is 142 Å². The van der Waals surface area contributed by atoms with Gasteiger partial charge in [0.1, 0.15) is 5.82 Å². The molecule has 3 aromatic rings. The Kier molecular flexibility index (Phi) is 4.66. The number of anilines is 2. The predicted octanol–water partition coefficient (Wildman–Crippen LogP) is 2.60. The number of benzene rings is 1. The van der Waals surface area contributed by atoms with E-state index in [1.807, 2.05) is 13.0 Å². The summed E-state index contributed by atoms with van der Waals surface area (Å²) in [6, 6.07) is 8.74. The van der Waals surface area contributed by atoms with Crippen LogP contribution in [0.3, 0.4) is 0 Å². The highest BCUT2D eigenvalue weighted by Crippen LogP contribution is 2.25. The second kappa shape index (κ2) is 7.05. The molecule has 0 aliphatic carbocycles. The smallest absolute Gasteiger partial charge is 0.257 e. The maximum Gasteiger partial charge on any atom is 0.257 e. The minimum atomic E-state index is -0.330. The van der Waals surface area contributed by atoms with E-state index in [1.54, 1.807) is 24.3 Å². The molecule has 122 valence electrons. The van der Waals surface area contributed by atoms with Gasteiger partial charge in [0.15, 0.2) is 0 Å². The highest BCUT2D eigenvalue weighted by atomic mass is 35.5. The van der Waals surface area contributed by atoms with Crippen LogP contribution in [0.5, 0.6) is 0 Å². The minimum Gasteiger partial charge on any atom is -0.369 e. The maximum atomic E-state index is 12.5. The number of amides is 1. The third-order valence-corrected chi connectivity index (χ3v) is 3.50. The topological polar surface area (TPSA) is 108 Å². The van der Waals surface area contributed by atoms with Crippen molar-refractivity contribution in [3.63, 3.8) is 0 Å². The van der Waals surface area contributed by atoms with Gasteiger partial charge in [-0.2, -0.15) is 5.21 Å². The van der Waals surface area contributed by atoms with Crippen molar-refractivity contribution < 1.29 is 4.79 Å². The van der Waals surface area contributed by atoms with Crippen molar-refractivity contribution in [3.8, 4) is 11.4 Å². The number of rotatable bonds is 5. The van der Waals surface area contributed by atoms with Gasteiger partial charge in [-0.25, -0.2) is 4.98 Å². The molecule has 3 rings (SSSR count). The summed E-state index contributed by atoms with van der Waals surface area (Å²) in [6.45, 7) is 2.63. The van der Waals surface area contributed by atoms with Crippen molar-refractivity contribution >= 4 is 29.0 Å². The molecular weight excluding hydrogens is 330 g/mol. The zero-order valence-electron chi connectivity index (χ0n) is 12.7. The van der Waals surface area contributed by atoms with Crippen LogP contribution >= 0.6 is 11.6 Å². The first-order chi connectivity index (χ1) is 11.7. The molecule has 2 heterocycles. The number of carbonyl (C=O) groups is 1. The molecule has 0 fully saturated rings. The van der Waals surface area contributed by atoms with Gasteiger partial charge >= 0.3 is 0 Å². The summed E-state index contributed by atoms with van der Waals surface area (Å²) in [4.78, 5) is 16.6. The maximum absolute atomic E-state index is 12.5. The Bertz CT molecular complexity index is 851. The summed E-state index contributed by atoms with van der Waals surface area (Å²) in [5.41, 5.74) is 1.57. The molecule has 2 aromatic heterocycles. The van der Waals surface area contributed by atoms with Crippen LogP contribution in [-0.4, -0.2) is 38.1 Å². The first-order valence-electron chi connectivity index (χ1n) is 7.22. The van der Waals surface area contributed by atoms with Crippen LogP contribution in [-0.2, 0) is 0 Å². The molecule has 0 bridgehead atoms. The number of aromatic nitrogens is 5. The van der Waals surface area contributed by atoms with Crippen molar-refractivity contribution in [1.82, 2.24) is 25.6 Å². The van der Waals surface area contributed by atoms with Crippen LogP contribution in [0.15, 0.2) is 36.5 Å². The molecular formula is C15H14ClN7O. The highest BCUT2D eigenvalue weighted by molar-refractivity contribution is 6.33. The molecule has 0 unspecified atom stereocenters. The summed E-state index contributed by atoms with van der Waals surface area (Å²) in [5.74, 6) is 0.607. The quantitative estimate of drug-likeness (QED) is 0.657. The Balaban J connectivity index is 1.85. The van der Waals surface area contributed by atoms with Gasteiger partial charge < -0.3 is 10.6 Å². The van der Waals surface area contributed by atoms with Crippen molar-refractivity contribution in [3.05, 3.63) is 47.1 Å². The number of tetrazole rings is 1. The van der Waals surface area contributed by atoms with Crippen LogP contribution in [0.25, 0.3) is 11.4 Å². The van der Waals surface area contributed by atoms with Gasteiger partial charge in [-0.15, -0.1) is 10.2 Å². The zero-order chi connectivity index (χ0) is 16.9. The van der Waals surface area contributed by atoms with E-state index in [0.29, 0.717) is 40.0 Å². The van der Waals surface area contributed by atoms with Gasteiger partial charge in [-0.1, -0.05) is 23.7 Å². The number of para-hydroxylation sites is 1. The Morgan fingerprint density at radius 1 is 1.33 bits per heavy atom. The van der Waals surface area contributed by atoms with Crippen LogP contribution < -0.4 is 10.6 Å². The van der Waals surface area contributed by atoms with Crippen LogP contribution in [0.1, 0.15) is 17.3 Å². The lowest BCUT2D eigenvalue weighted by atomic mass is 10.1. The van der Waals surface area contributed by atoms with E-state index in [9.17, 15) is 4.79 Å². The van der Waals surface area contributed by atoms with Crippen molar-refractivity contribution in [1.29, 1.82) is 0 Å². The summed E-state index contributed by atoms with van der Waals surface area (Å²) in [7, 11) is 0. The first-order valence-corrected chi connectivity index (χ1v) is 7.60. The molecule has 24 heavy (non-hydrogen) atoms. The molecule has 0 radical (unpaired) electrons. The third kappa shape index (κ3) is 3.33. The van der Waals surface area contributed by atoms with Gasteiger partial charge in [0, 0.05) is 18.3 Å². The largest absolute Gasteiger partial charge is 0.369 e. The molecule has 0 spiro atoms. The number of nitrogens with zero attached hydrogens (tertiary/aromatic N) is 4. The lowest BCUT2D eigenvalue weighted by Crippen LogP contribution is -2.13. The predicted molar refractivity (Wildman–Crippen MR) is 91.0 cm³/mol. The van der Waals surface area contributed by atoms with Crippen molar-refractivity contribution in [2.75, 3.05) is 17.2 Å². The second-order valence-corrected chi connectivity index (χ2v) is 5.23. The molecule has 0 aliphatic heterocycles. The average molecular weight is 344 g/mol. The zero-order valence-corrected chi connectivity index (χ0v) is 13.5. The number of nitrogens with one attached hydrogen (secondary N) is 3. The standard InChI is InChI=1S/C15H14ClN7O/c1-2-17-14-11(16)7-9(8-18-14)15(24)19-12-6-4-3-5-10(12)13-20-22-23-21-13/h3-8H,2H2,1H3,(H,17,18)(H,19,24)(H,20,21,22,23). The van der Waals surface area contributed by atoms with E-state index in [-0.39, 0.29) is 5.91 Å². The number of H-pyrrole nitrogens is 1. The van der Waals surface area contributed by atoms with Gasteiger partial charge in [0.25, 0.3) is 5.91 Å². The van der Waals surface area contributed by atoms with E-state index in [4.69, 9.17) is 11.6 Å². The molecule has 8 nitrogen and oxygen atoms in total. The van der Waals surface area contributed by atoms with Gasteiger partial charge in [-0.05, 0) is 30.3 Å². The summed E-state index contributed by atoms with van der Waals surface area (Å²) in [6.07, 6.45) is 1.47. The van der Waals surface area contributed by atoms with Crippen LogP contribution in [0.4, 0.5) is 11.5 Å². The van der Waals surface area contributed by atoms with E-state index in [0.717, 1.165) is 0 Å². The lowest BCUT2D eigenvalue weighted by molar-refractivity contribution is 0.102. The fourth-order valence-electron chi connectivity index (χ4n) is 2.12. The Hall–Kier alpha value is -3.00. The summed E-state index contributed by atoms with van der Waals surface area (Å²) < 4.78 is 0. The first kappa shape index (κ1) is 15.9. The van der Waals surface area contributed by atoms with E-state index in [2.05, 4.69) is 36.2 Å². The van der Waals surface area contributed by atoms with Crippen LogP contribution in [0.2, 0.25) is 5.02 Å².